The predicted molar refractivity (Wildman–Crippen MR) is 125 cm³/mol. The molecule has 1 aliphatic rings. The molecule has 164 valence electrons. The van der Waals surface area contributed by atoms with Crippen molar-refractivity contribution < 1.29 is 4.39 Å². The molecule has 5 rings (SSSR count). The fourth-order valence-electron chi connectivity index (χ4n) is 3.98. The fourth-order valence-corrected chi connectivity index (χ4v) is 3.98. The van der Waals surface area contributed by atoms with Gasteiger partial charge in [-0.1, -0.05) is 36.4 Å². The van der Waals surface area contributed by atoms with Gasteiger partial charge in [0.25, 0.3) is 0 Å². The van der Waals surface area contributed by atoms with Gasteiger partial charge in [0.15, 0.2) is 17.0 Å². The molecule has 2 aromatic carbocycles. The summed E-state index contributed by atoms with van der Waals surface area (Å²) < 4.78 is 15.7. The van der Waals surface area contributed by atoms with E-state index in [1.165, 1.54) is 17.7 Å². The molecule has 1 aliphatic heterocycles. The van der Waals surface area contributed by atoms with Crippen molar-refractivity contribution in [1.29, 1.82) is 0 Å². The Hall–Kier alpha value is -3.52. The maximum Gasteiger partial charge on any atom is 0.229 e. The summed E-state index contributed by atoms with van der Waals surface area (Å²) in [7, 11) is 0. The maximum atomic E-state index is 13.9. The zero-order valence-corrected chi connectivity index (χ0v) is 17.8. The molecule has 0 atom stereocenters. The molecule has 0 saturated carbocycles. The van der Waals surface area contributed by atoms with Crippen LogP contribution in [0.2, 0.25) is 0 Å². The second-order valence-corrected chi connectivity index (χ2v) is 7.89. The van der Waals surface area contributed by atoms with Crippen molar-refractivity contribution in [2.45, 2.75) is 12.8 Å². The SMILES string of the molecule is Fc1cccc(-n2cnc3c(NCCCc4ccccc4)nc(N4CCNCC4)nc32)c1. The Balaban J connectivity index is 1.44. The molecule has 1 fully saturated rings. The van der Waals surface area contributed by atoms with Crippen LogP contribution in [0.3, 0.4) is 0 Å². The predicted octanol–water partition coefficient (Wildman–Crippen LogP) is 3.41. The first-order valence-electron chi connectivity index (χ1n) is 11.0. The van der Waals surface area contributed by atoms with E-state index in [0.29, 0.717) is 28.6 Å². The number of hydrogen-bond donors (Lipinski definition) is 2. The normalized spacial score (nSPS) is 14.1. The molecule has 1 saturated heterocycles. The Morgan fingerprint density at radius 2 is 1.84 bits per heavy atom. The zero-order valence-electron chi connectivity index (χ0n) is 17.8. The Morgan fingerprint density at radius 1 is 1.00 bits per heavy atom. The number of anilines is 2. The lowest BCUT2D eigenvalue weighted by Gasteiger charge is -2.27. The zero-order chi connectivity index (χ0) is 21.8. The molecule has 2 N–H and O–H groups in total. The largest absolute Gasteiger partial charge is 0.368 e. The van der Waals surface area contributed by atoms with Crippen LogP contribution >= 0.6 is 0 Å². The smallest absolute Gasteiger partial charge is 0.229 e. The van der Waals surface area contributed by atoms with E-state index in [1.54, 1.807) is 12.4 Å². The van der Waals surface area contributed by atoms with Crippen LogP contribution < -0.4 is 15.5 Å². The molecule has 8 heteroatoms. The van der Waals surface area contributed by atoms with Gasteiger partial charge in [-0.05, 0) is 36.6 Å². The number of hydrogen-bond acceptors (Lipinski definition) is 6. The Bertz CT molecular complexity index is 1190. The Morgan fingerprint density at radius 3 is 2.66 bits per heavy atom. The molecule has 7 nitrogen and oxygen atoms in total. The highest BCUT2D eigenvalue weighted by Gasteiger charge is 2.19. The second-order valence-electron chi connectivity index (χ2n) is 7.89. The molecule has 0 bridgehead atoms. The molecular weight excluding hydrogens is 405 g/mol. The lowest BCUT2D eigenvalue weighted by atomic mass is 10.1. The van der Waals surface area contributed by atoms with Crippen LogP contribution in [0.4, 0.5) is 16.2 Å². The van der Waals surface area contributed by atoms with Crippen LogP contribution in [-0.4, -0.2) is 52.2 Å². The van der Waals surface area contributed by atoms with E-state index in [1.807, 2.05) is 16.7 Å². The van der Waals surface area contributed by atoms with Gasteiger partial charge in [-0.3, -0.25) is 4.57 Å². The number of nitrogens with zero attached hydrogens (tertiary/aromatic N) is 5. The maximum absolute atomic E-state index is 13.9. The van der Waals surface area contributed by atoms with Crippen molar-refractivity contribution in [3.8, 4) is 5.69 Å². The van der Waals surface area contributed by atoms with Gasteiger partial charge in [0.1, 0.15) is 12.1 Å². The van der Waals surface area contributed by atoms with E-state index in [-0.39, 0.29) is 5.82 Å². The minimum absolute atomic E-state index is 0.292. The van der Waals surface area contributed by atoms with E-state index in [2.05, 4.69) is 44.8 Å². The molecule has 0 aliphatic carbocycles. The standard InChI is InChI=1S/C24H26FN7/c25-19-9-4-10-20(16-19)32-17-28-21-22(27-11-5-8-18-6-2-1-3-7-18)29-24(30-23(21)32)31-14-12-26-13-15-31/h1-4,6-7,9-10,16-17,26H,5,8,11-15H2,(H,27,29,30). The summed E-state index contributed by atoms with van der Waals surface area (Å²) in [6.45, 7) is 4.24. The first kappa shape index (κ1) is 20.4. The van der Waals surface area contributed by atoms with Crippen LogP contribution in [0.25, 0.3) is 16.9 Å². The average Bonchev–Trinajstić information content (AvgIpc) is 3.27. The van der Waals surface area contributed by atoms with Gasteiger partial charge >= 0.3 is 0 Å². The number of nitrogens with one attached hydrogen (secondary N) is 2. The van der Waals surface area contributed by atoms with Gasteiger partial charge in [0.05, 0.1) is 5.69 Å². The van der Waals surface area contributed by atoms with Gasteiger partial charge in [-0.15, -0.1) is 0 Å². The number of rotatable bonds is 7. The van der Waals surface area contributed by atoms with Gasteiger partial charge < -0.3 is 15.5 Å². The third-order valence-electron chi connectivity index (χ3n) is 5.65. The van der Waals surface area contributed by atoms with Crippen molar-refractivity contribution in [3.05, 3.63) is 72.3 Å². The number of imidazole rings is 1. The van der Waals surface area contributed by atoms with Crippen molar-refractivity contribution in [2.24, 2.45) is 0 Å². The summed E-state index contributed by atoms with van der Waals surface area (Å²) in [6.07, 6.45) is 3.65. The van der Waals surface area contributed by atoms with E-state index < -0.39 is 0 Å². The third-order valence-corrected chi connectivity index (χ3v) is 5.65. The van der Waals surface area contributed by atoms with E-state index in [4.69, 9.17) is 9.97 Å². The topological polar surface area (TPSA) is 70.9 Å². The summed E-state index contributed by atoms with van der Waals surface area (Å²) in [4.78, 5) is 16.4. The number of aromatic nitrogens is 4. The Kier molecular flexibility index (Phi) is 5.93. The first-order chi connectivity index (χ1) is 15.8. The highest BCUT2D eigenvalue weighted by molar-refractivity contribution is 5.85. The summed E-state index contributed by atoms with van der Waals surface area (Å²) in [5, 5.41) is 6.83. The molecule has 0 unspecified atom stereocenters. The highest BCUT2D eigenvalue weighted by Crippen LogP contribution is 2.25. The van der Waals surface area contributed by atoms with E-state index in [0.717, 1.165) is 45.6 Å². The molecule has 4 aromatic rings. The van der Waals surface area contributed by atoms with Crippen LogP contribution in [0, 0.1) is 5.82 Å². The monoisotopic (exact) mass is 431 g/mol. The number of fused-ring (bicyclic) bond motifs is 1. The number of benzene rings is 2. The molecule has 2 aromatic heterocycles. The second kappa shape index (κ2) is 9.32. The van der Waals surface area contributed by atoms with Crippen molar-refractivity contribution in [2.75, 3.05) is 42.9 Å². The summed E-state index contributed by atoms with van der Waals surface area (Å²) in [6, 6.07) is 16.9. The van der Waals surface area contributed by atoms with E-state index in [9.17, 15) is 4.39 Å². The van der Waals surface area contributed by atoms with Crippen LogP contribution in [0.15, 0.2) is 60.9 Å². The minimum Gasteiger partial charge on any atom is -0.368 e. The number of aryl methyl sites for hydroxylation is 1. The fraction of sp³-hybridized carbons (Fsp3) is 0.292. The number of piperazine rings is 1. The van der Waals surface area contributed by atoms with Crippen molar-refractivity contribution in [3.63, 3.8) is 0 Å². The molecule has 0 radical (unpaired) electrons. The van der Waals surface area contributed by atoms with Crippen LogP contribution in [0.5, 0.6) is 0 Å². The third kappa shape index (κ3) is 4.40. The lowest BCUT2D eigenvalue weighted by Crippen LogP contribution is -2.44. The van der Waals surface area contributed by atoms with Gasteiger partial charge in [0.2, 0.25) is 5.95 Å². The minimum atomic E-state index is -0.292. The average molecular weight is 432 g/mol. The molecule has 3 heterocycles. The number of halogens is 1. The van der Waals surface area contributed by atoms with Gasteiger partial charge in [-0.2, -0.15) is 9.97 Å². The van der Waals surface area contributed by atoms with Gasteiger partial charge in [0, 0.05) is 32.7 Å². The van der Waals surface area contributed by atoms with Crippen molar-refractivity contribution >= 4 is 22.9 Å². The van der Waals surface area contributed by atoms with Crippen LogP contribution in [-0.2, 0) is 6.42 Å². The molecular formula is C24H26FN7. The molecule has 0 amide bonds. The van der Waals surface area contributed by atoms with Crippen molar-refractivity contribution in [1.82, 2.24) is 24.8 Å². The molecule has 0 spiro atoms. The van der Waals surface area contributed by atoms with E-state index >= 15 is 0 Å². The summed E-state index contributed by atoms with van der Waals surface area (Å²) in [5.74, 6) is 1.09. The summed E-state index contributed by atoms with van der Waals surface area (Å²) >= 11 is 0. The van der Waals surface area contributed by atoms with Crippen LogP contribution in [0.1, 0.15) is 12.0 Å². The highest BCUT2D eigenvalue weighted by atomic mass is 19.1. The Labute approximate surface area is 186 Å². The molecule has 32 heavy (non-hydrogen) atoms. The summed E-state index contributed by atoms with van der Waals surface area (Å²) in [5.41, 5.74) is 3.36. The first-order valence-corrected chi connectivity index (χ1v) is 11.0. The van der Waals surface area contributed by atoms with Gasteiger partial charge in [-0.25, -0.2) is 9.37 Å². The quantitative estimate of drug-likeness (QED) is 0.437. The lowest BCUT2D eigenvalue weighted by molar-refractivity contribution is 0.580.